The molecule has 0 radical (unpaired) electrons. The Morgan fingerprint density at radius 3 is 2.93 bits per heavy atom. The Morgan fingerprint density at radius 2 is 2.18 bits per heavy atom. The van der Waals surface area contributed by atoms with E-state index in [1.54, 1.807) is 0 Å². The Hall–Kier alpha value is -1.42. The van der Waals surface area contributed by atoms with Crippen LogP contribution in [0.4, 0.5) is 0 Å². The number of ether oxygens (including phenoxy) is 2. The first-order valence-electron chi connectivity index (χ1n) is 9.46. The summed E-state index contributed by atoms with van der Waals surface area (Å²) < 4.78 is 11.2. The number of likely N-dealkylation sites (tertiary alicyclic amines) is 1. The Bertz CT molecular complexity index is 717. The van der Waals surface area contributed by atoms with E-state index in [4.69, 9.17) is 31.8 Å². The summed E-state index contributed by atoms with van der Waals surface area (Å²) in [7, 11) is 0. The molecule has 1 amide bonds. The highest BCUT2D eigenvalue weighted by Gasteiger charge is 2.23. The summed E-state index contributed by atoms with van der Waals surface area (Å²) in [4.78, 5) is 18.2. The molecule has 1 aromatic rings. The van der Waals surface area contributed by atoms with E-state index in [1.807, 2.05) is 19.1 Å². The molecule has 2 aliphatic heterocycles. The van der Waals surface area contributed by atoms with Crippen molar-refractivity contribution in [1.29, 1.82) is 0 Å². The number of benzene rings is 1. The molecule has 156 valence electrons. The van der Waals surface area contributed by atoms with E-state index in [-0.39, 0.29) is 35.8 Å². The fourth-order valence-electron chi connectivity index (χ4n) is 3.56. The number of guanidine groups is 1. The van der Waals surface area contributed by atoms with E-state index in [1.165, 1.54) is 0 Å². The summed E-state index contributed by atoms with van der Waals surface area (Å²) in [5, 5.41) is 3.89. The number of halogens is 2. The van der Waals surface area contributed by atoms with Crippen LogP contribution in [-0.2, 0) is 11.3 Å². The van der Waals surface area contributed by atoms with Crippen molar-refractivity contribution in [2.45, 2.75) is 32.7 Å². The van der Waals surface area contributed by atoms with Crippen LogP contribution in [-0.4, -0.2) is 49.6 Å². The van der Waals surface area contributed by atoms with Gasteiger partial charge in [0.2, 0.25) is 5.91 Å². The molecule has 1 fully saturated rings. The fraction of sp³-hybridized carbons (Fsp3) is 0.579. The van der Waals surface area contributed by atoms with Crippen LogP contribution in [0.2, 0.25) is 5.02 Å². The molecule has 28 heavy (non-hydrogen) atoms. The Morgan fingerprint density at radius 1 is 1.39 bits per heavy atom. The van der Waals surface area contributed by atoms with Crippen LogP contribution in [0.15, 0.2) is 17.1 Å². The number of fused-ring (bicyclic) bond motifs is 1. The summed E-state index contributed by atoms with van der Waals surface area (Å²) in [5.41, 5.74) is 6.33. The van der Waals surface area contributed by atoms with Crippen LogP contribution < -0.4 is 20.5 Å². The topological polar surface area (TPSA) is 89.2 Å². The van der Waals surface area contributed by atoms with E-state index in [0.717, 1.165) is 44.0 Å². The van der Waals surface area contributed by atoms with Crippen molar-refractivity contribution in [3.05, 3.63) is 22.7 Å². The summed E-state index contributed by atoms with van der Waals surface area (Å²) >= 11 is 6.32. The van der Waals surface area contributed by atoms with Gasteiger partial charge in [0.05, 0.1) is 11.6 Å². The SMILES string of the molecule is CCNC(=NCc1cc(Cl)c2c(c1)OCCO2)N1CCCC(CC(N)=O)C1.I. The predicted molar refractivity (Wildman–Crippen MR) is 121 cm³/mol. The number of hydrogen-bond acceptors (Lipinski definition) is 4. The number of carbonyl (C=O) groups is 1. The van der Waals surface area contributed by atoms with Gasteiger partial charge in [0.1, 0.15) is 13.2 Å². The normalized spacial score (nSPS) is 19.0. The molecular weight excluding hydrogens is 495 g/mol. The minimum absolute atomic E-state index is 0. The number of carbonyl (C=O) groups excluding carboxylic acids is 1. The van der Waals surface area contributed by atoms with Gasteiger partial charge in [-0.05, 0) is 43.4 Å². The smallest absolute Gasteiger partial charge is 0.217 e. The first-order chi connectivity index (χ1) is 13.1. The number of hydrogen-bond donors (Lipinski definition) is 2. The van der Waals surface area contributed by atoms with Gasteiger partial charge < -0.3 is 25.4 Å². The molecule has 3 N–H and O–H groups in total. The van der Waals surface area contributed by atoms with Gasteiger partial charge in [0, 0.05) is 26.1 Å². The predicted octanol–water partition coefficient (Wildman–Crippen LogP) is 2.78. The van der Waals surface area contributed by atoms with Crippen LogP contribution >= 0.6 is 35.6 Å². The van der Waals surface area contributed by atoms with E-state index >= 15 is 0 Å². The summed E-state index contributed by atoms with van der Waals surface area (Å²) in [5.74, 6) is 2.16. The van der Waals surface area contributed by atoms with Crippen molar-refractivity contribution >= 4 is 47.4 Å². The van der Waals surface area contributed by atoms with Crippen LogP contribution in [0, 0.1) is 5.92 Å². The average Bonchev–Trinajstić information content (AvgIpc) is 2.65. The Kier molecular flexibility index (Phi) is 8.94. The molecule has 9 heteroatoms. The molecule has 1 saturated heterocycles. The number of nitrogens with zero attached hydrogens (tertiary/aromatic N) is 2. The molecule has 0 bridgehead atoms. The zero-order valence-electron chi connectivity index (χ0n) is 16.1. The second-order valence-electron chi connectivity index (χ2n) is 6.90. The highest BCUT2D eigenvalue weighted by molar-refractivity contribution is 14.0. The third kappa shape index (κ3) is 6.04. The maximum atomic E-state index is 11.3. The van der Waals surface area contributed by atoms with Crippen molar-refractivity contribution in [1.82, 2.24) is 10.2 Å². The molecule has 2 aliphatic rings. The molecule has 0 aromatic heterocycles. The number of nitrogens with two attached hydrogens (primary N) is 1. The second-order valence-corrected chi connectivity index (χ2v) is 7.30. The maximum Gasteiger partial charge on any atom is 0.217 e. The number of amides is 1. The Labute approximate surface area is 188 Å². The largest absolute Gasteiger partial charge is 0.486 e. The van der Waals surface area contributed by atoms with E-state index in [2.05, 4.69) is 10.2 Å². The van der Waals surface area contributed by atoms with E-state index < -0.39 is 0 Å². The molecule has 0 saturated carbocycles. The van der Waals surface area contributed by atoms with Gasteiger partial charge in [0.25, 0.3) is 0 Å². The Balaban J connectivity index is 0.00000280. The molecule has 2 heterocycles. The number of piperidine rings is 1. The zero-order valence-corrected chi connectivity index (χ0v) is 19.2. The van der Waals surface area contributed by atoms with Crippen LogP contribution in [0.1, 0.15) is 31.7 Å². The molecule has 0 aliphatic carbocycles. The minimum atomic E-state index is -0.241. The van der Waals surface area contributed by atoms with Gasteiger partial charge in [-0.25, -0.2) is 4.99 Å². The number of rotatable bonds is 5. The molecule has 1 aromatic carbocycles. The van der Waals surface area contributed by atoms with Crippen molar-refractivity contribution in [3.63, 3.8) is 0 Å². The van der Waals surface area contributed by atoms with Crippen LogP contribution in [0.5, 0.6) is 11.5 Å². The lowest BCUT2D eigenvalue weighted by Gasteiger charge is -2.34. The first-order valence-corrected chi connectivity index (χ1v) is 9.84. The summed E-state index contributed by atoms with van der Waals surface area (Å²) in [6, 6.07) is 3.80. The third-order valence-electron chi connectivity index (χ3n) is 4.71. The quantitative estimate of drug-likeness (QED) is 0.353. The fourth-order valence-corrected chi connectivity index (χ4v) is 3.84. The van der Waals surface area contributed by atoms with Gasteiger partial charge in [0.15, 0.2) is 17.5 Å². The molecule has 3 rings (SSSR count). The van der Waals surface area contributed by atoms with Crippen molar-refractivity contribution in [2.75, 3.05) is 32.8 Å². The number of primary amides is 1. The molecule has 0 spiro atoms. The van der Waals surface area contributed by atoms with Gasteiger partial charge in [-0.2, -0.15) is 0 Å². The molecular formula is C19H28ClIN4O3. The van der Waals surface area contributed by atoms with Gasteiger partial charge in [-0.1, -0.05) is 11.6 Å². The van der Waals surface area contributed by atoms with Gasteiger partial charge in [-0.15, -0.1) is 24.0 Å². The molecule has 1 unspecified atom stereocenters. The average molecular weight is 523 g/mol. The minimum Gasteiger partial charge on any atom is -0.486 e. The van der Waals surface area contributed by atoms with Crippen molar-refractivity contribution in [2.24, 2.45) is 16.6 Å². The third-order valence-corrected chi connectivity index (χ3v) is 4.99. The van der Waals surface area contributed by atoms with Crippen molar-refractivity contribution < 1.29 is 14.3 Å². The lowest BCUT2D eigenvalue weighted by molar-refractivity contribution is -0.119. The second kappa shape index (κ2) is 10.9. The van der Waals surface area contributed by atoms with Crippen LogP contribution in [0.25, 0.3) is 0 Å². The van der Waals surface area contributed by atoms with Gasteiger partial charge >= 0.3 is 0 Å². The van der Waals surface area contributed by atoms with E-state index in [9.17, 15) is 4.79 Å². The number of aliphatic imine (C=N–C) groups is 1. The molecule has 7 nitrogen and oxygen atoms in total. The van der Waals surface area contributed by atoms with Crippen molar-refractivity contribution in [3.8, 4) is 11.5 Å². The summed E-state index contributed by atoms with van der Waals surface area (Å²) in [6.07, 6.45) is 2.47. The standard InChI is InChI=1S/C19H27ClN4O3.HI/c1-2-22-19(24-5-3-4-13(12-24)10-17(21)25)23-11-14-8-15(20)18-16(9-14)26-6-7-27-18;/h8-9,13H,2-7,10-12H2,1H3,(H2,21,25)(H,22,23);1H. The number of nitrogens with one attached hydrogen (secondary N) is 1. The summed E-state index contributed by atoms with van der Waals surface area (Å²) in [6.45, 7) is 6.04. The monoisotopic (exact) mass is 522 g/mol. The van der Waals surface area contributed by atoms with E-state index in [0.29, 0.717) is 42.7 Å². The first kappa shape index (κ1) is 22.9. The highest BCUT2D eigenvalue weighted by Crippen LogP contribution is 2.38. The van der Waals surface area contributed by atoms with Gasteiger partial charge in [-0.3, -0.25) is 4.79 Å². The van der Waals surface area contributed by atoms with Crippen LogP contribution in [0.3, 0.4) is 0 Å². The molecule has 1 atom stereocenters. The highest BCUT2D eigenvalue weighted by atomic mass is 127. The zero-order chi connectivity index (χ0) is 19.2. The lowest BCUT2D eigenvalue weighted by Crippen LogP contribution is -2.47. The maximum absolute atomic E-state index is 11.3. The lowest BCUT2D eigenvalue weighted by atomic mass is 9.95.